The average molecular weight is 492 g/mol. The quantitative estimate of drug-likeness (QED) is 0.209. The molecule has 3 aromatic rings. The van der Waals surface area contributed by atoms with E-state index in [0.717, 1.165) is 18.2 Å². The second-order valence-corrected chi connectivity index (χ2v) is 7.52. The average Bonchev–Trinajstić information content (AvgIpc) is 3.04. The SMILES string of the molecule is Cc1[nH]n(CCCC(=O)O)c(=O)c1N=Nc1cccc(/C=C/c2ccc(F)cc2C(F)(F)F)c1O. The summed E-state index contributed by atoms with van der Waals surface area (Å²) in [7, 11) is 0. The number of aromatic amines is 1. The Bertz CT molecular complexity index is 1360. The van der Waals surface area contributed by atoms with Crippen molar-refractivity contribution in [2.75, 3.05) is 0 Å². The van der Waals surface area contributed by atoms with Crippen LogP contribution in [0.3, 0.4) is 0 Å². The number of carbonyl (C=O) groups is 1. The molecule has 184 valence electrons. The number of para-hydroxylation sites is 1. The normalized spacial score (nSPS) is 12.1. The van der Waals surface area contributed by atoms with Crippen LogP contribution in [0, 0.1) is 12.7 Å². The summed E-state index contributed by atoms with van der Waals surface area (Å²) in [5.74, 6) is -2.40. The van der Waals surface area contributed by atoms with Gasteiger partial charge in [0.1, 0.15) is 17.3 Å². The Morgan fingerprint density at radius 3 is 2.54 bits per heavy atom. The lowest BCUT2D eigenvalue weighted by atomic mass is 10.0. The van der Waals surface area contributed by atoms with Gasteiger partial charge in [-0.15, -0.1) is 10.2 Å². The van der Waals surface area contributed by atoms with Gasteiger partial charge in [0.2, 0.25) is 0 Å². The number of carboxylic acid groups (broad SMARTS) is 1. The highest BCUT2D eigenvalue weighted by Gasteiger charge is 2.33. The van der Waals surface area contributed by atoms with Gasteiger partial charge in [-0.25, -0.2) is 4.39 Å². The first-order valence-electron chi connectivity index (χ1n) is 10.3. The van der Waals surface area contributed by atoms with E-state index >= 15 is 0 Å². The molecule has 0 aliphatic heterocycles. The summed E-state index contributed by atoms with van der Waals surface area (Å²) in [6.07, 6.45) is -2.35. The second-order valence-electron chi connectivity index (χ2n) is 7.52. The fourth-order valence-electron chi connectivity index (χ4n) is 3.22. The summed E-state index contributed by atoms with van der Waals surface area (Å²) in [6.45, 7) is 1.71. The predicted molar refractivity (Wildman–Crippen MR) is 119 cm³/mol. The van der Waals surface area contributed by atoms with Crippen LogP contribution in [-0.4, -0.2) is 26.0 Å². The molecule has 0 saturated carbocycles. The molecule has 0 spiro atoms. The maximum absolute atomic E-state index is 13.3. The number of alkyl halides is 3. The standard InChI is InChI=1S/C23H20F4N4O4/c1-13-20(22(35)31(30-13)11-3-6-19(32)33)29-28-18-5-2-4-15(21(18)34)8-7-14-9-10-16(24)12-17(14)23(25,26)27/h2,4-5,7-10,12,30,34H,3,6,11H2,1H3,(H,32,33)/b8-7+,29-28?. The second kappa shape index (κ2) is 10.4. The van der Waals surface area contributed by atoms with E-state index < -0.39 is 34.8 Å². The zero-order valence-corrected chi connectivity index (χ0v) is 18.3. The lowest BCUT2D eigenvalue weighted by molar-refractivity contribution is -0.138. The predicted octanol–water partition coefficient (Wildman–Crippen LogP) is 5.80. The number of hydrogen-bond donors (Lipinski definition) is 3. The molecule has 35 heavy (non-hydrogen) atoms. The number of phenols is 1. The molecular formula is C23H20F4N4O4. The van der Waals surface area contributed by atoms with Crippen molar-refractivity contribution in [3.8, 4) is 5.75 Å². The summed E-state index contributed by atoms with van der Waals surface area (Å²) in [5, 5.41) is 29.8. The summed E-state index contributed by atoms with van der Waals surface area (Å²) in [6, 6.07) is 6.56. The third kappa shape index (κ3) is 6.22. The number of aryl methyl sites for hydroxylation is 2. The Morgan fingerprint density at radius 2 is 1.86 bits per heavy atom. The molecule has 0 bridgehead atoms. The lowest BCUT2D eigenvalue weighted by Gasteiger charge is -2.10. The van der Waals surface area contributed by atoms with Crippen LogP contribution < -0.4 is 5.56 Å². The summed E-state index contributed by atoms with van der Waals surface area (Å²) >= 11 is 0. The van der Waals surface area contributed by atoms with Crippen LogP contribution in [0.25, 0.3) is 12.2 Å². The molecule has 0 atom stereocenters. The molecule has 2 aromatic carbocycles. The van der Waals surface area contributed by atoms with Crippen LogP contribution in [0.1, 0.15) is 35.2 Å². The first kappa shape index (κ1) is 25.4. The number of H-pyrrole nitrogens is 1. The third-order valence-corrected chi connectivity index (χ3v) is 4.94. The Kier molecular flexibility index (Phi) is 7.52. The largest absolute Gasteiger partial charge is 0.505 e. The fraction of sp³-hybridized carbons (Fsp3) is 0.217. The van der Waals surface area contributed by atoms with Crippen LogP contribution in [0.15, 0.2) is 51.4 Å². The fourth-order valence-corrected chi connectivity index (χ4v) is 3.22. The number of nitrogens with one attached hydrogen (secondary N) is 1. The van der Waals surface area contributed by atoms with E-state index in [1.54, 1.807) is 6.92 Å². The number of benzene rings is 2. The Labute approximate surface area is 195 Å². The van der Waals surface area contributed by atoms with Gasteiger partial charge in [0.05, 0.1) is 11.3 Å². The number of nitrogens with zero attached hydrogens (tertiary/aromatic N) is 3. The van der Waals surface area contributed by atoms with Crippen molar-refractivity contribution in [3.63, 3.8) is 0 Å². The van der Waals surface area contributed by atoms with E-state index in [-0.39, 0.29) is 41.9 Å². The minimum absolute atomic E-state index is 0.0400. The number of carboxylic acids is 1. The maximum Gasteiger partial charge on any atom is 0.417 e. The van der Waals surface area contributed by atoms with E-state index in [4.69, 9.17) is 5.11 Å². The molecule has 3 rings (SSSR count). The molecule has 1 aromatic heterocycles. The van der Waals surface area contributed by atoms with E-state index in [9.17, 15) is 32.3 Å². The topological polar surface area (TPSA) is 120 Å². The molecule has 0 aliphatic rings. The highest BCUT2D eigenvalue weighted by molar-refractivity contribution is 5.76. The molecule has 0 unspecified atom stereocenters. The van der Waals surface area contributed by atoms with Crippen LogP contribution in [0.2, 0.25) is 0 Å². The number of aromatic nitrogens is 2. The van der Waals surface area contributed by atoms with Crippen molar-refractivity contribution in [1.29, 1.82) is 0 Å². The molecule has 3 N–H and O–H groups in total. The number of aliphatic carboxylic acids is 1. The van der Waals surface area contributed by atoms with Crippen molar-refractivity contribution in [3.05, 3.63) is 75.0 Å². The van der Waals surface area contributed by atoms with Gasteiger partial charge < -0.3 is 10.2 Å². The third-order valence-electron chi connectivity index (χ3n) is 4.94. The Hall–Kier alpha value is -4.22. The minimum Gasteiger partial charge on any atom is -0.505 e. The van der Waals surface area contributed by atoms with E-state index in [1.807, 2.05) is 0 Å². The Morgan fingerprint density at radius 1 is 1.14 bits per heavy atom. The molecule has 0 saturated heterocycles. The van der Waals surface area contributed by atoms with Gasteiger partial charge in [0.25, 0.3) is 5.56 Å². The van der Waals surface area contributed by atoms with Gasteiger partial charge in [-0.05, 0) is 37.1 Å². The van der Waals surface area contributed by atoms with Gasteiger partial charge in [-0.3, -0.25) is 19.4 Å². The number of hydrogen-bond acceptors (Lipinski definition) is 5. The van der Waals surface area contributed by atoms with Crippen LogP contribution in [-0.2, 0) is 17.5 Å². The summed E-state index contributed by atoms with van der Waals surface area (Å²) in [4.78, 5) is 23.1. The molecule has 1 heterocycles. The van der Waals surface area contributed by atoms with Gasteiger partial charge in [0.15, 0.2) is 5.69 Å². The number of azo groups is 1. The van der Waals surface area contributed by atoms with Crippen LogP contribution >= 0.6 is 0 Å². The number of aromatic hydroxyl groups is 1. The monoisotopic (exact) mass is 492 g/mol. The highest BCUT2D eigenvalue weighted by atomic mass is 19.4. The molecular weight excluding hydrogens is 472 g/mol. The zero-order chi connectivity index (χ0) is 25.8. The van der Waals surface area contributed by atoms with Crippen LogP contribution in [0.5, 0.6) is 5.75 Å². The van der Waals surface area contributed by atoms with Crippen molar-refractivity contribution < 1.29 is 32.6 Å². The molecule has 0 amide bonds. The number of phenolic OH excluding ortho intramolecular Hbond substituents is 1. The first-order valence-corrected chi connectivity index (χ1v) is 10.3. The van der Waals surface area contributed by atoms with Crippen molar-refractivity contribution >= 4 is 29.5 Å². The minimum atomic E-state index is -4.77. The smallest absolute Gasteiger partial charge is 0.417 e. The van der Waals surface area contributed by atoms with E-state index in [0.29, 0.717) is 11.8 Å². The van der Waals surface area contributed by atoms with E-state index in [1.165, 1.54) is 29.0 Å². The molecule has 0 aliphatic carbocycles. The van der Waals surface area contributed by atoms with Crippen LogP contribution in [0.4, 0.5) is 28.9 Å². The number of halogens is 4. The summed E-state index contributed by atoms with van der Waals surface area (Å²) in [5.41, 5.74) is -1.57. The van der Waals surface area contributed by atoms with Crippen molar-refractivity contribution in [1.82, 2.24) is 9.78 Å². The van der Waals surface area contributed by atoms with Gasteiger partial charge in [-0.2, -0.15) is 13.2 Å². The molecule has 0 radical (unpaired) electrons. The van der Waals surface area contributed by atoms with Gasteiger partial charge in [-0.1, -0.05) is 30.4 Å². The summed E-state index contributed by atoms with van der Waals surface area (Å²) < 4.78 is 54.1. The highest BCUT2D eigenvalue weighted by Crippen LogP contribution is 2.35. The van der Waals surface area contributed by atoms with Gasteiger partial charge >= 0.3 is 12.1 Å². The molecule has 12 heteroatoms. The van der Waals surface area contributed by atoms with E-state index in [2.05, 4.69) is 15.3 Å². The first-order chi connectivity index (χ1) is 16.5. The number of rotatable bonds is 8. The lowest BCUT2D eigenvalue weighted by Crippen LogP contribution is -2.17. The molecule has 8 nitrogen and oxygen atoms in total. The Balaban J connectivity index is 1.86. The van der Waals surface area contributed by atoms with Crippen molar-refractivity contribution in [2.45, 2.75) is 32.5 Å². The maximum atomic E-state index is 13.3. The molecule has 0 fully saturated rings. The van der Waals surface area contributed by atoms with Crippen molar-refractivity contribution in [2.24, 2.45) is 10.2 Å². The zero-order valence-electron chi connectivity index (χ0n) is 18.3. The van der Waals surface area contributed by atoms with Gasteiger partial charge in [0, 0.05) is 18.5 Å².